The maximum absolute atomic E-state index is 11.8. The van der Waals surface area contributed by atoms with E-state index in [0.717, 1.165) is 11.4 Å². The molecular weight excluding hydrogens is 280 g/mol. The molecule has 0 aliphatic carbocycles. The molecule has 6 nitrogen and oxygen atoms in total. The summed E-state index contributed by atoms with van der Waals surface area (Å²) in [5.74, 6) is 1.83. The van der Waals surface area contributed by atoms with E-state index >= 15 is 0 Å². The average Bonchev–Trinajstić information content (AvgIpc) is 2.52. The predicted octanol–water partition coefficient (Wildman–Crippen LogP) is 1.55. The Balaban J connectivity index is 1.80. The molecule has 2 aromatic rings. The van der Waals surface area contributed by atoms with Crippen molar-refractivity contribution in [1.29, 1.82) is 0 Å². The van der Waals surface area contributed by atoms with Crippen LogP contribution in [0.5, 0.6) is 5.75 Å². The molecule has 0 spiro atoms. The number of carbonyl (C=O) groups is 1. The summed E-state index contributed by atoms with van der Waals surface area (Å²) in [5.41, 5.74) is 1.15. The van der Waals surface area contributed by atoms with Crippen LogP contribution in [0, 0.1) is 6.92 Å². The number of aryl methyl sites for hydroxylation is 1. The van der Waals surface area contributed by atoms with Gasteiger partial charge in [0.05, 0.1) is 6.54 Å². The van der Waals surface area contributed by atoms with Crippen molar-refractivity contribution in [3.63, 3.8) is 0 Å². The first-order chi connectivity index (χ1) is 10.5. The van der Waals surface area contributed by atoms with Gasteiger partial charge >= 0.3 is 0 Å². The van der Waals surface area contributed by atoms with Crippen LogP contribution in [-0.2, 0) is 11.3 Å². The van der Waals surface area contributed by atoms with Crippen LogP contribution in [0.2, 0.25) is 0 Å². The molecule has 0 saturated carbocycles. The normalized spacial score (nSPS) is 10.1. The third kappa shape index (κ3) is 4.73. The van der Waals surface area contributed by atoms with Crippen molar-refractivity contribution in [1.82, 2.24) is 15.3 Å². The fourth-order valence-electron chi connectivity index (χ4n) is 1.73. The summed E-state index contributed by atoms with van der Waals surface area (Å²) >= 11 is 0. The van der Waals surface area contributed by atoms with E-state index in [-0.39, 0.29) is 19.1 Å². The first-order valence-electron chi connectivity index (χ1n) is 7.00. The van der Waals surface area contributed by atoms with Gasteiger partial charge in [0.15, 0.2) is 6.61 Å². The number of nitrogens with one attached hydrogen (secondary N) is 1. The van der Waals surface area contributed by atoms with E-state index in [0.29, 0.717) is 11.6 Å². The van der Waals surface area contributed by atoms with Gasteiger partial charge in [0.1, 0.15) is 17.4 Å². The smallest absolute Gasteiger partial charge is 0.258 e. The Bertz CT molecular complexity index is 626. The lowest BCUT2D eigenvalue weighted by Gasteiger charge is -2.12. The van der Waals surface area contributed by atoms with Gasteiger partial charge in [0.25, 0.3) is 5.91 Å². The molecule has 1 N–H and O–H groups in total. The summed E-state index contributed by atoms with van der Waals surface area (Å²) in [6.07, 6.45) is 1.67. The molecule has 1 amide bonds. The lowest BCUT2D eigenvalue weighted by atomic mass is 10.2. The van der Waals surface area contributed by atoms with Crippen molar-refractivity contribution in [3.8, 4) is 5.75 Å². The second kappa shape index (κ2) is 7.40. The molecule has 1 aromatic heterocycles. The molecular formula is C16H20N4O2. The Hall–Kier alpha value is -2.63. The molecule has 22 heavy (non-hydrogen) atoms. The van der Waals surface area contributed by atoms with E-state index in [4.69, 9.17) is 4.74 Å². The number of ether oxygens (including phenoxy) is 1. The monoisotopic (exact) mass is 300 g/mol. The number of amides is 1. The van der Waals surface area contributed by atoms with E-state index < -0.39 is 0 Å². The summed E-state index contributed by atoms with van der Waals surface area (Å²) in [7, 11) is 3.81. The van der Waals surface area contributed by atoms with Crippen LogP contribution in [-0.4, -0.2) is 36.6 Å². The van der Waals surface area contributed by atoms with Gasteiger partial charge in [0, 0.05) is 20.3 Å². The average molecular weight is 300 g/mol. The minimum Gasteiger partial charge on any atom is -0.484 e. The number of rotatable bonds is 6. The summed E-state index contributed by atoms with van der Waals surface area (Å²) in [6, 6.07) is 9.37. The number of aromatic nitrogens is 2. The second-order valence-corrected chi connectivity index (χ2v) is 5.10. The molecule has 2 rings (SSSR count). The van der Waals surface area contributed by atoms with Gasteiger partial charge in [-0.3, -0.25) is 4.79 Å². The molecule has 1 aromatic carbocycles. The first kappa shape index (κ1) is 15.8. The number of anilines is 1. The number of nitrogens with zero attached hydrogens (tertiary/aromatic N) is 3. The maximum atomic E-state index is 11.8. The number of hydrogen-bond acceptors (Lipinski definition) is 5. The zero-order valence-corrected chi connectivity index (χ0v) is 13.0. The topological polar surface area (TPSA) is 67.3 Å². The van der Waals surface area contributed by atoms with Crippen molar-refractivity contribution in [2.45, 2.75) is 13.5 Å². The number of benzene rings is 1. The molecule has 6 heteroatoms. The molecule has 0 saturated heterocycles. The Morgan fingerprint density at radius 3 is 2.64 bits per heavy atom. The van der Waals surface area contributed by atoms with E-state index in [1.54, 1.807) is 6.20 Å². The fraction of sp³-hybridized carbons (Fsp3) is 0.312. The lowest BCUT2D eigenvalue weighted by molar-refractivity contribution is -0.123. The molecule has 0 aliphatic heterocycles. The fourth-order valence-corrected chi connectivity index (χ4v) is 1.73. The van der Waals surface area contributed by atoms with Gasteiger partial charge in [-0.05, 0) is 25.1 Å². The van der Waals surface area contributed by atoms with Crippen molar-refractivity contribution in [3.05, 3.63) is 47.9 Å². The van der Waals surface area contributed by atoms with Crippen LogP contribution in [0.1, 0.15) is 11.4 Å². The van der Waals surface area contributed by atoms with Gasteiger partial charge in [0.2, 0.25) is 0 Å². The Morgan fingerprint density at radius 1 is 1.23 bits per heavy atom. The molecule has 0 fully saturated rings. The summed E-state index contributed by atoms with van der Waals surface area (Å²) in [4.78, 5) is 22.1. The molecule has 0 aliphatic rings. The van der Waals surface area contributed by atoms with E-state index in [9.17, 15) is 4.79 Å². The third-order valence-corrected chi connectivity index (χ3v) is 2.98. The Morgan fingerprint density at radius 2 is 1.95 bits per heavy atom. The lowest BCUT2D eigenvalue weighted by Crippen LogP contribution is -2.29. The largest absolute Gasteiger partial charge is 0.484 e. The molecule has 0 unspecified atom stereocenters. The van der Waals surface area contributed by atoms with Gasteiger partial charge in [-0.25, -0.2) is 9.97 Å². The quantitative estimate of drug-likeness (QED) is 0.876. The van der Waals surface area contributed by atoms with Crippen LogP contribution >= 0.6 is 0 Å². The van der Waals surface area contributed by atoms with Crippen molar-refractivity contribution < 1.29 is 9.53 Å². The van der Waals surface area contributed by atoms with Crippen LogP contribution < -0.4 is 15.0 Å². The van der Waals surface area contributed by atoms with Gasteiger partial charge in [-0.15, -0.1) is 0 Å². The van der Waals surface area contributed by atoms with E-state index in [2.05, 4.69) is 15.3 Å². The third-order valence-electron chi connectivity index (χ3n) is 2.98. The number of carbonyl (C=O) groups excluding carboxylic acids is 1. The van der Waals surface area contributed by atoms with Gasteiger partial charge < -0.3 is 15.0 Å². The van der Waals surface area contributed by atoms with Gasteiger partial charge in [-0.1, -0.05) is 17.7 Å². The minimum absolute atomic E-state index is 0.0313. The molecule has 116 valence electrons. The highest BCUT2D eigenvalue weighted by molar-refractivity contribution is 5.77. The SMILES string of the molecule is Cc1ccc(OCC(=O)NCc2nccc(N(C)C)n2)cc1. The van der Waals surface area contributed by atoms with E-state index in [1.165, 1.54) is 0 Å². The predicted molar refractivity (Wildman–Crippen MR) is 84.9 cm³/mol. The standard InChI is InChI=1S/C16H20N4O2/c1-12-4-6-13(7-5-12)22-11-16(21)18-10-14-17-9-8-15(19-14)20(2)3/h4-9H,10-11H2,1-3H3,(H,18,21). The minimum atomic E-state index is -0.209. The first-order valence-corrected chi connectivity index (χ1v) is 7.00. The molecule has 1 heterocycles. The Labute approximate surface area is 130 Å². The summed E-state index contributed by atoms with van der Waals surface area (Å²) in [6.45, 7) is 2.24. The Kier molecular flexibility index (Phi) is 5.30. The number of hydrogen-bond donors (Lipinski definition) is 1. The summed E-state index contributed by atoms with van der Waals surface area (Å²) in [5, 5.41) is 2.74. The molecule has 0 atom stereocenters. The highest BCUT2D eigenvalue weighted by atomic mass is 16.5. The second-order valence-electron chi connectivity index (χ2n) is 5.10. The van der Waals surface area contributed by atoms with Gasteiger partial charge in [-0.2, -0.15) is 0 Å². The van der Waals surface area contributed by atoms with Crippen LogP contribution in [0.15, 0.2) is 36.5 Å². The van der Waals surface area contributed by atoms with E-state index in [1.807, 2.05) is 56.3 Å². The van der Waals surface area contributed by atoms with Crippen molar-refractivity contribution in [2.75, 3.05) is 25.6 Å². The molecule has 0 bridgehead atoms. The highest BCUT2D eigenvalue weighted by Gasteiger charge is 2.05. The maximum Gasteiger partial charge on any atom is 0.258 e. The van der Waals surface area contributed by atoms with Crippen LogP contribution in [0.4, 0.5) is 5.82 Å². The van der Waals surface area contributed by atoms with Crippen molar-refractivity contribution in [2.24, 2.45) is 0 Å². The van der Waals surface area contributed by atoms with Crippen LogP contribution in [0.25, 0.3) is 0 Å². The van der Waals surface area contributed by atoms with Crippen molar-refractivity contribution >= 4 is 11.7 Å². The molecule has 0 radical (unpaired) electrons. The zero-order chi connectivity index (χ0) is 15.9. The highest BCUT2D eigenvalue weighted by Crippen LogP contribution is 2.11. The van der Waals surface area contributed by atoms with Crippen LogP contribution in [0.3, 0.4) is 0 Å². The zero-order valence-electron chi connectivity index (χ0n) is 13.0. The summed E-state index contributed by atoms with van der Waals surface area (Å²) < 4.78 is 5.41.